The van der Waals surface area contributed by atoms with E-state index in [4.69, 9.17) is 17.3 Å². The molecule has 0 saturated heterocycles. The third kappa shape index (κ3) is 4.54. The van der Waals surface area contributed by atoms with E-state index in [9.17, 15) is 17.9 Å². The van der Waals surface area contributed by atoms with Crippen molar-refractivity contribution in [2.45, 2.75) is 37.7 Å². The van der Waals surface area contributed by atoms with E-state index in [1.54, 1.807) is 0 Å². The van der Waals surface area contributed by atoms with Gasteiger partial charge in [-0.1, -0.05) is 38.3 Å². The fourth-order valence-corrected chi connectivity index (χ4v) is 3.53. The van der Waals surface area contributed by atoms with Crippen LogP contribution in [0.15, 0.2) is 17.0 Å². The second kappa shape index (κ2) is 7.40. The minimum Gasteiger partial charge on any atom is -0.396 e. The highest BCUT2D eigenvalue weighted by molar-refractivity contribution is 7.89. The topological polar surface area (TPSA) is 92.4 Å². The highest BCUT2D eigenvalue weighted by atomic mass is 35.5. The summed E-state index contributed by atoms with van der Waals surface area (Å²) in [7, 11) is -4.13. The van der Waals surface area contributed by atoms with Gasteiger partial charge in [-0.15, -0.1) is 0 Å². The van der Waals surface area contributed by atoms with Gasteiger partial charge in [0.2, 0.25) is 10.0 Å². The molecule has 8 heteroatoms. The van der Waals surface area contributed by atoms with Crippen LogP contribution >= 0.6 is 11.6 Å². The molecule has 5 nitrogen and oxygen atoms in total. The summed E-state index contributed by atoms with van der Waals surface area (Å²) >= 11 is 5.70. The van der Waals surface area contributed by atoms with E-state index in [1.807, 2.05) is 13.8 Å². The number of aliphatic hydroxyl groups is 1. The molecule has 21 heavy (non-hydrogen) atoms. The van der Waals surface area contributed by atoms with E-state index < -0.39 is 26.8 Å². The molecular weight excluding hydrogens is 319 g/mol. The summed E-state index contributed by atoms with van der Waals surface area (Å²) in [4.78, 5) is -0.621. The summed E-state index contributed by atoms with van der Waals surface area (Å²) in [5.74, 6) is -1.08. The predicted octanol–water partition coefficient (Wildman–Crippen LogP) is 2.14. The van der Waals surface area contributed by atoms with Gasteiger partial charge >= 0.3 is 0 Å². The van der Waals surface area contributed by atoms with Gasteiger partial charge in [0.25, 0.3) is 0 Å². The van der Waals surface area contributed by atoms with Crippen molar-refractivity contribution >= 4 is 27.3 Å². The molecular formula is C13H20ClFN2O3S. The average molecular weight is 339 g/mol. The molecule has 0 aliphatic carbocycles. The lowest BCUT2D eigenvalue weighted by Crippen LogP contribution is -2.36. The molecule has 1 aromatic rings. The van der Waals surface area contributed by atoms with E-state index >= 15 is 0 Å². The van der Waals surface area contributed by atoms with E-state index in [2.05, 4.69) is 4.72 Å². The van der Waals surface area contributed by atoms with Crippen molar-refractivity contribution in [3.8, 4) is 0 Å². The molecule has 0 spiro atoms. The van der Waals surface area contributed by atoms with Crippen LogP contribution in [0.25, 0.3) is 0 Å². The third-order valence-corrected chi connectivity index (χ3v) is 5.04. The fraction of sp³-hybridized carbons (Fsp3) is 0.538. The van der Waals surface area contributed by atoms with Gasteiger partial charge in [-0.3, -0.25) is 0 Å². The molecule has 0 bridgehead atoms. The number of nitrogens with one attached hydrogen (secondary N) is 1. The standard InChI is InChI=1S/C13H20ClFN2O3S/c1-3-8(4-2)11(18)7-17-21(19,20)12-6-9(14)5-10(16)13(12)15/h5-6,8,11,17-18H,3-4,7,16H2,1-2H3. The Bertz CT molecular complexity index is 591. The minimum absolute atomic E-state index is 0.0230. The summed E-state index contributed by atoms with van der Waals surface area (Å²) in [6.45, 7) is 3.62. The van der Waals surface area contributed by atoms with Crippen LogP contribution in [0.5, 0.6) is 0 Å². The zero-order valence-electron chi connectivity index (χ0n) is 11.9. The Hall–Kier alpha value is -0.890. The summed E-state index contributed by atoms with van der Waals surface area (Å²) in [6, 6.07) is 2.12. The average Bonchev–Trinajstić information content (AvgIpc) is 2.42. The summed E-state index contributed by atoms with van der Waals surface area (Å²) in [6.07, 6.45) is 0.602. The number of hydrogen-bond donors (Lipinski definition) is 3. The number of nitrogens with two attached hydrogens (primary N) is 1. The molecule has 1 aromatic carbocycles. The lowest BCUT2D eigenvalue weighted by atomic mass is 9.97. The Morgan fingerprint density at radius 1 is 1.38 bits per heavy atom. The maximum Gasteiger partial charge on any atom is 0.243 e. The largest absolute Gasteiger partial charge is 0.396 e. The third-order valence-electron chi connectivity index (χ3n) is 3.40. The van der Waals surface area contributed by atoms with Crippen LogP contribution in [0.1, 0.15) is 26.7 Å². The van der Waals surface area contributed by atoms with Crippen LogP contribution in [0.2, 0.25) is 5.02 Å². The van der Waals surface area contributed by atoms with E-state index in [0.29, 0.717) is 0 Å². The second-order valence-electron chi connectivity index (χ2n) is 4.80. The lowest BCUT2D eigenvalue weighted by molar-refractivity contribution is 0.107. The number of sulfonamides is 1. The van der Waals surface area contributed by atoms with Gasteiger partial charge in [-0.25, -0.2) is 17.5 Å². The monoisotopic (exact) mass is 338 g/mol. The molecule has 0 heterocycles. The highest BCUT2D eigenvalue weighted by Gasteiger charge is 2.24. The number of rotatable bonds is 7. The Morgan fingerprint density at radius 3 is 2.48 bits per heavy atom. The van der Waals surface area contributed by atoms with E-state index in [1.165, 1.54) is 0 Å². The second-order valence-corrected chi connectivity index (χ2v) is 6.97. The van der Waals surface area contributed by atoms with Gasteiger partial charge in [0.1, 0.15) is 4.90 Å². The predicted molar refractivity (Wildman–Crippen MR) is 81.1 cm³/mol. The Morgan fingerprint density at radius 2 is 1.95 bits per heavy atom. The van der Waals surface area contributed by atoms with Crippen molar-refractivity contribution in [2.75, 3.05) is 12.3 Å². The van der Waals surface area contributed by atoms with Gasteiger partial charge in [0.05, 0.1) is 11.8 Å². The molecule has 1 unspecified atom stereocenters. The molecule has 0 saturated carbocycles. The van der Waals surface area contributed by atoms with Crippen molar-refractivity contribution in [3.05, 3.63) is 23.0 Å². The summed E-state index contributed by atoms with van der Waals surface area (Å²) in [5, 5.41) is 9.95. The Kier molecular flexibility index (Phi) is 6.40. The van der Waals surface area contributed by atoms with Crippen molar-refractivity contribution in [1.29, 1.82) is 0 Å². The molecule has 0 aliphatic heterocycles. The first-order valence-electron chi connectivity index (χ1n) is 6.65. The summed E-state index contributed by atoms with van der Waals surface area (Å²) in [5.41, 5.74) is 5.02. The van der Waals surface area contributed by atoms with Gasteiger partial charge in [-0.05, 0) is 18.1 Å². The molecule has 0 fully saturated rings. The Balaban J connectivity index is 2.93. The van der Waals surface area contributed by atoms with Crippen molar-refractivity contribution < 1.29 is 17.9 Å². The number of nitrogen functional groups attached to an aromatic ring is 1. The van der Waals surface area contributed by atoms with Crippen LogP contribution in [-0.4, -0.2) is 26.2 Å². The first-order valence-corrected chi connectivity index (χ1v) is 8.51. The molecule has 120 valence electrons. The Labute approximate surface area is 129 Å². The fourth-order valence-electron chi connectivity index (χ4n) is 2.05. The highest BCUT2D eigenvalue weighted by Crippen LogP contribution is 2.25. The molecule has 1 rings (SSSR count). The van der Waals surface area contributed by atoms with Gasteiger partial charge in [-0.2, -0.15) is 0 Å². The normalized spacial score (nSPS) is 13.6. The summed E-state index contributed by atoms with van der Waals surface area (Å²) < 4.78 is 40.2. The molecule has 0 radical (unpaired) electrons. The molecule has 0 aliphatic rings. The number of anilines is 1. The first-order chi connectivity index (χ1) is 9.72. The van der Waals surface area contributed by atoms with Crippen LogP contribution in [0, 0.1) is 11.7 Å². The van der Waals surface area contributed by atoms with Crippen molar-refractivity contribution in [3.63, 3.8) is 0 Å². The molecule has 0 amide bonds. The zero-order chi connectivity index (χ0) is 16.2. The molecule has 0 aromatic heterocycles. The zero-order valence-corrected chi connectivity index (χ0v) is 13.5. The first kappa shape index (κ1) is 18.2. The minimum atomic E-state index is -4.13. The molecule has 1 atom stereocenters. The SMILES string of the molecule is CCC(CC)C(O)CNS(=O)(=O)c1cc(Cl)cc(N)c1F. The number of halogens is 2. The maximum absolute atomic E-state index is 13.8. The van der Waals surface area contributed by atoms with Crippen molar-refractivity contribution in [2.24, 2.45) is 5.92 Å². The van der Waals surface area contributed by atoms with Crippen LogP contribution in [0.3, 0.4) is 0 Å². The number of aliphatic hydroxyl groups excluding tert-OH is 1. The van der Waals surface area contributed by atoms with E-state index in [0.717, 1.165) is 25.0 Å². The quantitative estimate of drug-likeness (QED) is 0.664. The smallest absolute Gasteiger partial charge is 0.243 e. The van der Waals surface area contributed by atoms with Gasteiger partial charge in [0.15, 0.2) is 5.82 Å². The van der Waals surface area contributed by atoms with Gasteiger partial charge < -0.3 is 10.8 Å². The van der Waals surface area contributed by atoms with Crippen molar-refractivity contribution in [1.82, 2.24) is 4.72 Å². The number of benzene rings is 1. The lowest BCUT2D eigenvalue weighted by Gasteiger charge is -2.20. The van der Waals surface area contributed by atoms with Crippen LogP contribution in [0.4, 0.5) is 10.1 Å². The van der Waals surface area contributed by atoms with Gasteiger partial charge in [0, 0.05) is 11.6 Å². The van der Waals surface area contributed by atoms with Crippen LogP contribution in [-0.2, 0) is 10.0 Å². The number of hydrogen-bond acceptors (Lipinski definition) is 4. The maximum atomic E-state index is 13.8. The molecule has 4 N–H and O–H groups in total. The van der Waals surface area contributed by atoms with E-state index in [-0.39, 0.29) is 23.2 Å². The van der Waals surface area contributed by atoms with Crippen LogP contribution < -0.4 is 10.5 Å².